The molecule has 0 spiro atoms. The van der Waals surface area contributed by atoms with Crippen molar-refractivity contribution in [1.82, 2.24) is 5.32 Å². The molecule has 1 aromatic rings. The van der Waals surface area contributed by atoms with Crippen molar-refractivity contribution >= 4 is 35.2 Å². The Labute approximate surface area is 132 Å². The average Bonchev–Trinajstić information content (AvgIpc) is 2.51. The maximum atomic E-state index is 11.9. The van der Waals surface area contributed by atoms with Gasteiger partial charge in [0.25, 0.3) is 5.91 Å². The summed E-state index contributed by atoms with van der Waals surface area (Å²) in [6.45, 7) is -0.329. The second-order valence-corrected chi connectivity index (χ2v) is 5.68. The van der Waals surface area contributed by atoms with E-state index in [1.165, 1.54) is 11.8 Å². The fraction of sp³-hybridized carbons (Fsp3) is 0.267. The van der Waals surface area contributed by atoms with Crippen LogP contribution in [0.4, 0.5) is 5.69 Å². The molecule has 0 unspecified atom stereocenters. The number of terminal acetylenes is 1. The van der Waals surface area contributed by atoms with Crippen LogP contribution in [0.3, 0.4) is 0 Å². The molecule has 0 aliphatic carbocycles. The SMILES string of the molecule is C#CCNC(=O)COC(=O)C[C@@H]1Sc2ccccc2NC1=O. The number of esters is 1. The number of carbonyl (C=O) groups is 3. The third kappa shape index (κ3) is 4.27. The monoisotopic (exact) mass is 318 g/mol. The molecule has 0 radical (unpaired) electrons. The molecular formula is C15H14N2O4S. The Bertz CT molecular complexity index is 639. The molecule has 1 heterocycles. The minimum atomic E-state index is -0.608. The number of benzene rings is 1. The zero-order valence-corrected chi connectivity index (χ0v) is 12.4. The molecule has 1 aliphatic heterocycles. The van der Waals surface area contributed by atoms with E-state index in [4.69, 9.17) is 11.2 Å². The Hall–Kier alpha value is -2.46. The highest BCUT2D eigenvalue weighted by atomic mass is 32.2. The lowest BCUT2D eigenvalue weighted by molar-refractivity contribution is -0.148. The molecule has 0 bridgehead atoms. The summed E-state index contributed by atoms with van der Waals surface area (Å²) in [5, 5.41) is 4.54. The zero-order chi connectivity index (χ0) is 15.9. The van der Waals surface area contributed by atoms with Crippen molar-refractivity contribution in [1.29, 1.82) is 0 Å². The normalized spacial score (nSPS) is 16.0. The standard InChI is InChI=1S/C15H14N2O4S/c1-2-7-16-13(18)9-21-14(19)8-12-15(20)17-10-5-3-4-6-11(10)22-12/h1,3-6,12H,7-9H2,(H,16,18)(H,17,20)/t12-/m0/s1. The first kappa shape index (κ1) is 15.9. The first-order valence-corrected chi connectivity index (χ1v) is 7.40. The van der Waals surface area contributed by atoms with E-state index in [1.807, 2.05) is 18.2 Å². The highest BCUT2D eigenvalue weighted by Gasteiger charge is 2.29. The molecule has 1 aliphatic rings. The van der Waals surface area contributed by atoms with Crippen molar-refractivity contribution in [2.75, 3.05) is 18.5 Å². The summed E-state index contributed by atoms with van der Waals surface area (Å²) in [5.41, 5.74) is 0.732. The van der Waals surface area contributed by atoms with E-state index >= 15 is 0 Å². The van der Waals surface area contributed by atoms with E-state index in [9.17, 15) is 14.4 Å². The van der Waals surface area contributed by atoms with Crippen LogP contribution in [-0.2, 0) is 19.1 Å². The largest absolute Gasteiger partial charge is 0.456 e. The number of amides is 2. The molecule has 22 heavy (non-hydrogen) atoms. The Morgan fingerprint density at radius 2 is 2.18 bits per heavy atom. The van der Waals surface area contributed by atoms with Crippen LogP contribution < -0.4 is 10.6 Å². The van der Waals surface area contributed by atoms with Crippen molar-refractivity contribution in [3.63, 3.8) is 0 Å². The summed E-state index contributed by atoms with van der Waals surface area (Å²) < 4.78 is 4.83. The lowest BCUT2D eigenvalue weighted by atomic mass is 10.2. The van der Waals surface area contributed by atoms with Gasteiger partial charge in [-0.15, -0.1) is 18.2 Å². The van der Waals surface area contributed by atoms with Gasteiger partial charge in [-0.2, -0.15) is 0 Å². The van der Waals surface area contributed by atoms with Gasteiger partial charge in [-0.3, -0.25) is 14.4 Å². The lowest BCUT2D eigenvalue weighted by Crippen LogP contribution is -2.33. The van der Waals surface area contributed by atoms with Crippen molar-refractivity contribution < 1.29 is 19.1 Å². The van der Waals surface area contributed by atoms with Crippen molar-refractivity contribution in [2.45, 2.75) is 16.6 Å². The van der Waals surface area contributed by atoms with Gasteiger partial charge >= 0.3 is 5.97 Å². The Balaban J connectivity index is 1.84. The van der Waals surface area contributed by atoms with Crippen LogP contribution in [0.15, 0.2) is 29.2 Å². The fourth-order valence-corrected chi connectivity index (χ4v) is 2.88. The maximum Gasteiger partial charge on any atom is 0.307 e. The number of hydrogen-bond donors (Lipinski definition) is 2. The first-order chi connectivity index (χ1) is 10.6. The lowest BCUT2D eigenvalue weighted by Gasteiger charge is -2.23. The number of fused-ring (bicyclic) bond motifs is 1. The highest BCUT2D eigenvalue weighted by molar-refractivity contribution is 8.01. The van der Waals surface area contributed by atoms with E-state index in [-0.39, 0.29) is 18.9 Å². The summed E-state index contributed by atoms with van der Waals surface area (Å²) >= 11 is 1.30. The van der Waals surface area contributed by atoms with Gasteiger partial charge in [0.05, 0.1) is 23.9 Å². The van der Waals surface area contributed by atoms with Gasteiger partial charge in [0.1, 0.15) is 0 Å². The molecule has 6 nitrogen and oxygen atoms in total. The highest BCUT2D eigenvalue weighted by Crippen LogP contribution is 2.36. The molecule has 1 aromatic carbocycles. The number of carbonyl (C=O) groups excluding carboxylic acids is 3. The summed E-state index contributed by atoms with van der Waals surface area (Å²) in [4.78, 5) is 35.8. The third-order valence-corrected chi connectivity index (χ3v) is 4.09. The van der Waals surface area contributed by atoms with Crippen LogP contribution in [0.5, 0.6) is 0 Å². The van der Waals surface area contributed by atoms with Crippen LogP contribution in [0.2, 0.25) is 0 Å². The molecule has 2 rings (SSSR count). The molecule has 0 aromatic heterocycles. The second kappa shape index (κ2) is 7.52. The van der Waals surface area contributed by atoms with E-state index < -0.39 is 23.7 Å². The smallest absolute Gasteiger partial charge is 0.307 e. The van der Waals surface area contributed by atoms with Crippen molar-refractivity contribution in [3.8, 4) is 12.3 Å². The Morgan fingerprint density at radius 1 is 1.41 bits per heavy atom. The topological polar surface area (TPSA) is 84.5 Å². The van der Waals surface area contributed by atoms with Crippen LogP contribution in [0.25, 0.3) is 0 Å². The fourth-order valence-electron chi connectivity index (χ4n) is 1.78. The van der Waals surface area contributed by atoms with E-state index in [1.54, 1.807) is 6.07 Å². The average molecular weight is 318 g/mol. The molecule has 1 atom stereocenters. The summed E-state index contributed by atoms with van der Waals surface area (Å²) in [5.74, 6) is 0.903. The molecule has 2 amide bonds. The number of ether oxygens (including phenoxy) is 1. The molecule has 114 valence electrons. The second-order valence-electron chi connectivity index (χ2n) is 4.44. The van der Waals surface area contributed by atoms with E-state index in [0.717, 1.165) is 10.6 Å². The van der Waals surface area contributed by atoms with Crippen molar-refractivity contribution in [2.24, 2.45) is 0 Å². The predicted molar refractivity (Wildman–Crippen MR) is 82.1 cm³/mol. The molecule has 2 N–H and O–H groups in total. The molecular weight excluding hydrogens is 304 g/mol. The minimum Gasteiger partial charge on any atom is -0.456 e. The minimum absolute atomic E-state index is 0.0774. The number of nitrogens with one attached hydrogen (secondary N) is 2. The van der Waals surface area contributed by atoms with Gasteiger partial charge in [0.15, 0.2) is 6.61 Å². The molecule has 0 saturated carbocycles. The van der Waals surface area contributed by atoms with Crippen LogP contribution >= 0.6 is 11.8 Å². The summed E-state index contributed by atoms with van der Waals surface area (Å²) in [6.07, 6.45) is 4.89. The van der Waals surface area contributed by atoms with Crippen LogP contribution in [0.1, 0.15) is 6.42 Å². The van der Waals surface area contributed by atoms with Gasteiger partial charge < -0.3 is 15.4 Å². The van der Waals surface area contributed by atoms with E-state index in [2.05, 4.69) is 16.6 Å². The molecule has 0 fully saturated rings. The number of hydrogen-bond acceptors (Lipinski definition) is 5. The maximum absolute atomic E-state index is 11.9. The van der Waals surface area contributed by atoms with Gasteiger partial charge in [-0.05, 0) is 12.1 Å². The Morgan fingerprint density at radius 3 is 2.95 bits per heavy atom. The molecule has 0 saturated heterocycles. The summed E-state index contributed by atoms with van der Waals surface area (Å²) in [7, 11) is 0. The number of thioether (sulfide) groups is 1. The van der Waals surface area contributed by atoms with Gasteiger partial charge in [-0.25, -0.2) is 0 Å². The van der Waals surface area contributed by atoms with Gasteiger partial charge in [-0.1, -0.05) is 18.1 Å². The van der Waals surface area contributed by atoms with Crippen LogP contribution in [0, 0.1) is 12.3 Å². The third-order valence-electron chi connectivity index (χ3n) is 2.81. The summed E-state index contributed by atoms with van der Waals surface area (Å²) in [6, 6.07) is 7.34. The van der Waals surface area contributed by atoms with Crippen LogP contribution in [-0.4, -0.2) is 36.2 Å². The molecule has 7 heteroatoms. The first-order valence-electron chi connectivity index (χ1n) is 6.52. The zero-order valence-electron chi connectivity index (χ0n) is 11.6. The number of para-hydroxylation sites is 1. The number of anilines is 1. The van der Waals surface area contributed by atoms with Crippen molar-refractivity contribution in [3.05, 3.63) is 24.3 Å². The number of rotatable bonds is 5. The Kier molecular flexibility index (Phi) is 5.44. The quantitative estimate of drug-likeness (QED) is 0.619. The van der Waals surface area contributed by atoms with E-state index in [0.29, 0.717) is 0 Å². The predicted octanol–water partition coefficient (Wildman–Crippen LogP) is 0.782. The van der Waals surface area contributed by atoms with Gasteiger partial charge in [0.2, 0.25) is 5.91 Å². The van der Waals surface area contributed by atoms with Gasteiger partial charge in [0, 0.05) is 4.90 Å².